The van der Waals surface area contributed by atoms with Gasteiger partial charge in [-0.3, -0.25) is 0 Å². The number of benzene rings is 2. The van der Waals surface area contributed by atoms with Gasteiger partial charge < -0.3 is 9.15 Å². The second-order valence-corrected chi connectivity index (χ2v) is 8.12. The summed E-state index contributed by atoms with van der Waals surface area (Å²) in [5, 5.41) is 7.89. The van der Waals surface area contributed by atoms with Crippen LogP contribution in [0.25, 0.3) is 11.5 Å². The number of rotatable bonds is 5. The van der Waals surface area contributed by atoms with Crippen LogP contribution in [0.5, 0.6) is 0 Å². The molecule has 8 heteroatoms. The third-order valence-corrected chi connectivity index (χ3v) is 5.06. The predicted molar refractivity (Wildman–Crippen MR) is 97.9 cm³/mol. The first kappa shape index (κ1) is 18.8. The Hall–Kier alpha value is -3.00. The van der Waals surface area contributed by atoms with Crippen LogP contribution in [0.4, 0.5) is 0 Å². The summed E-state index contributed by atoms with van der Waals surface area (Å²) in [5.41, 5.74) is 1.54. The third-order valence-electron chi connectivity index (χ3n) is 3.95. The van der Waals surface area contributed by atoms with Crippen molar-refractivity contribution in [3.05, 3.63) is 65.5 Å². The molecule has 7 nitrogen and oxygen atoms in total. The molecule has 2 aromatic carbocycles. The quantitative estimate of drug-likeness (QED) is 0.620. The lowest BCUT2D eigenvalue weighted by atomic mass is 10.1. The van der Waals surface area contributed by atoms with Crippen molar-refractivity contribution in [3.8, 4) is 11.5 Å². The van der Waals surface area contributed by atoms with Gasteiger partial charge in [0.2, 0.25) is 5.89 Å². The lowest BCUT2D eigenvalue weighted by Gasteiger charge is -2.12. The fraction of sp³-hybridized carbons (Fsp3) is 0.211. The van der Waals surface area contributed by atoms with E-state index in [-0.39, 0.29) is 16.3 Å². The molecule has 1 aromatic heterocycles. The summed E-state index contributed by atoms with van der Waals surface area (Å²) in [4.78, 5) is 12.6. The predicted octanol–water partition coefficient (Wildman–Crippen LogP) is 3.37. The molecule has 0 bridgehead atoms. The maximum Gasteiger partial charge on any atom is 0.339 e. The van der Waals surface area contributed by atoms with E-state index in [4.69, 9.17) is 9.15 Å². The van der Waals surface area contributed by atoms with E-state index in [2.05, 4.69) is 10.2 Å². The van der Waals surface area contributed by atoms with Gasteiger partial charge >= 0.3 is 5.97 Å². The van der Waals surface area contributed by atoms with E-state index in [0.29, 0.717) is 11.5 Å². The van der Waals surface area contributed by atoms with Crippen LogP contribution in [-0.4, -0.2) is 30.8 Å². The molecule has 0 fully saturated rings. The molecule has 0 aliphatic carbocycles. The van der Waals surface area contributed by atoms with E-state index >= 15 is 0 Å². The van der Waals surface area contributed by atoms with E-state index < -0.39 is 21.9 Å². The zero-order valence-corrected chi connectivity index (χ0v) is 15.9. The van der Waals surface area contributed by atoms with Crippen LogP contribution in [0, 0.1) is 6.92 Å². The van der Waals surface area contributed by atoms with Crippen LogP contribution < -0.4 is 0 Å². The van der Waals surface area contributed by atoms with Gasteiger partial charge in [-0.25, -0.2) is 13.2 Å². The SMILES string of the molecule is Cc1ccc(S(C)(=O)=O)cc1C(=O)O[C@H](C)c1nnc(-c2ccccc2)o1. The highest BCUT2D eigenvalue weighted by Gasteiger charge is 2.22. The Kier molecular flexibility index (Phi) is 5.09. The van der Waals surface area contributed by atoms with Gasteiger partial charge in [-0.2, -0.15) is 0 Å². The molecule has 1 heterocycles. The first-order valence-electron chi connectivity index (χ1n) is 8.16. The summed E-state index contributed by atoms with van der Waals surface area (Å²) in [7, 11) is -3.43. The zero-order valence-electron chi connectivity index (χ0n) is 15.0. The summed E-state index contributed by atoms with van der Waals surface area (Å²) >= 11 is 0. The summed E-state index contributed by atoms with van der Waals surface area (Å²) in [6.07, 6.45) is 0.294. The van der Waals surface area contributed by atoms with Crippen LogP contribution in [0.15, 0.2) is 57.8 Å². The van der Waals surface area contributed by atoms with Crippen LogP contribution in [0.2, 0.25) is 0 Å². The fourth-order valence-electron chi connectivity index (χ4n) is 2.42. The summed E-state index contributed by atoms with van der Waals surface area (Å²) < 4.78 is 34.4. The second kappa shape index (κ2) is 7.32. The topological polar surface area (TPSA) is 99.4 Å². The number of carbonyl (C=O) groups is 1. The number of aryl methyl sites for hydroxylation is 1. The monoisotopic (exact) mass is 386 g/mol. The maximum absolute atomic E-state index is 12.5. The number of hydrogen-bond acceptors (Lipinski definition) is 7. The molecule has 0 spiro atoms. The molecule has 27 heavy (non-hydrogen) atoms. The van der Waals surface area contributed by atoms with Crippen LogP contribution in [-0.2, 0) is 14.6 Å². The highest BCUT2D eigenvalue weighted by atomic mass is 32.2. The van der Waals surface area contributed by atoms with Gasteiger partial charge in [-0.15, -0.1) is 10.2 Å². The van der Waals surface area contributed by atoms with Crippen molar-refractivity contribution in [2.75, 3.05) is 6.26 Å². The van der Waals surface area contributed by atoms with Crippen molar-refractivity contribution < 1.29 is 22.4 Å². The highest BCUT2D eigenvalue weighted by molar-refractivity contribution is 7.90. The molecule has 0 aliphatic heterocycles. The van der Waals surface area contributed by atoms with E-state index in [1.165, 1.54) is 12.1 Å². The molecule has 140 valence electrons. The molecule has 0 aliphatic rings. The van der Waals surface area contributed by atoms with Gasteiger partial charge in [-0.1, -0.05) is 24.3 Å². The van der Waals surface area contributed by atoms with Crippen molar-refractivity contribution in [2.45, 2.75) is 24.8 Å². The molecule has 0 saturated heterocycles. The Morgan fingerprint density at radius 3 is 2.48 bits per heavy atom. The van der Waals surface area contributed by atoms with Gasteiger partial charge in [-0.05, 0) is 43.7 Å². The number of carbonyl (C=O) groups excluding carboxylic acids is 1. The summed E-state index contributed by atoms with van der Waals surface area (Å²) in [5.74, 6) is -0.187. The minimum absolute atomic E-state index is 0.0526. The van der Waals surface area contributed by atoms with Crippen LogP contribution in [0.3, 0.4) is 0 Å². The molecule has 1 atom stereocenters. The molecular weight excluding hydrogens is 368 g/mol. The number of sulfone groups is 1. The van der Waals surface area contributed by atoms with Crippen molar-refractivity contribution >= 4 is 15.8 Å². The third kappa shape index (κ3) is 4.22. The van der Waals surface area contributed by atoms with Gasteiger partial charge in [0.05, 0.1) is 10.5 Å². The molecule has 0 saturated carbocycles. The average molecular weight is 386 g/mol. The molecule has 3 aromatic rings. The van der Waals surface area contributed by atoms with E-state index in [1.807, 2.05) is 30.3 Å². The van der Waals surface area contributed by atoms with Gasteiger partial charge in [0.1, 0.15) is 0 Å². The first-order chi connectivity index (χ1) is 12.8. The number of esters is 1. The van der Waals surface area contributed by atoms with Crippen LogP contribution >= 0.6 is 0 Å². The molecule has 0 N–H and O–H groups in total. The van der Waals surface area contributed by atoms with Gasteiger partial charge in [0.15, 0.2) is 15.9 Å². The van der Waals surface area contributed by atoms with Gasteiger partial charge in [0.25, 0.3) is 5.89 Å². The van der Waals surface area contributed by atoms with Crippen molar-refractivity contribution in [3.63, 3.8) is 0 Å². The summed E-state index contributed by atoms with van der Waals surface area (Å²) in [6.45, 7) is 3.31. The van der Waals surface area contributed by atoms with Crippen LogP contribution in [0.1, 0.15) is 34.8 Å². The van der Waals surface area contributed by atoms with E-state index in [9.17, 15) is 13.2 Å². The maximum atomic E-state index is 12.5. The Bertz CT molecular complexity index is 1070. The molecule has 0 amide bonds. The molecule has 0 unspecified atom stereocenters. The van der Waals surface area contributed by atoms with Crippen molar-refractivity contribution in [2.24, 2.45) is 0 Å². The van der Waals surface area contributed by atoms with Crippen molar-refractivity contribution in [1.82, 2.24) is 10.2 Å². The smallest absolute Gasteiger partial charge is 0.339 e. The minimum atomic E-state index is -3.43. The van der Waals surface area contributed by atoms with E-state index in [1.54, 1.807) is 19.9 Å². The minimum Gasteiger partial charge on any atom is -0.449 e. The average Bonchev–Trinajstić information content (AvgIpc) is 3.12. The first-order valence-corrected chi connectivity index (χ1v) is 10.1. The number of hydrogen-bond donors (Lipinski definition) is 0. The Balaban J connectivity index is 1.80. The zero-order chi connectivity index (χ0) is 19.6. The van der Waals surface area contributed by atoms with Gasteiger partial charge in [0, 0.05) is 11.8 Å². The molecule has 3 rings (SSSR count). The van der Waals surface area contributed by atoms with E-state index in [0.717, 1.165) is 11.8 Å². The lowest BCUT2D eigenvalue weighted by Crippen LogP contribution is -2.12. The Labute approximate surface area is 156 Å². The highest BCUT2D eigenvalue weighted by Crippen LogP contribution is 2.24. The fourth-order valence-corrected chi connectivity index (χ4v) is 3.07. The van der Waals surface area contributed by atoms with Crippen molar-refractivity contribution in [1.29, 1.82) is 0 Å². The number of ether oxygens (including phenoxy) is 1. The molecular formula is C19H18N2O5S. The Morgan fingerprint density at radius 2 is 1.81 bits per heavy atom. The second-order valence-electron chi connectivity index (χ2n) is 6.11. The lowest BCUT2D eigenvalue weighted by molar-refractivity contribution is 0.0278. The molecule has 0 radical (unpaired) electrons. The number of aromatic nitrogens is 2. The standard InChI is InChI=1S/C19H18N2O5S/c1-12-9-10-15(27(3,23)24)11-16(12)19(22)25-13(2)17-20-21-18(26-17)14-7-5-4-6-8-14/h4-11,13H,1-3H3/t13-/m1/s1. The number of nitrogens with zero attached hydrogens (tertiary/aromatic N) is 2. The summed E-state index contributed by atoms with van der Waals surface area (Å²) in [6, 6.07) is 13.6. The largest absolute Gasteiger partial charge is 0.449 e. The Morgan fingerprint density at radius 1 is 1.11 bits per heavy atom. The normalized spacial score (nSPS) is 12.6.